The van der Waals surface area contributed by atoms with Gasteiger partial charge in [-0.1, -0.05) is 18.6 Å². The molecule has 1 fully saturated rings. The fourth-order valence-corrected chi connectivity index (χ4v) is 5.10. The average molecular weight is 495 g/mol. The Hall–Kier alpha value is -3.62. The van der Waals surface area contributed by atoms with Crippen LogP contribution in [0.1, 0.15) is 53.0 Å². The van der Waals surface area contributed by atoms with Gasteiger partial charge in [-0.15, -0.1) is 0 Å². The molecule has 3 aliphatic rings. The van der Waals surface area contributed by atoms with Gasteiger partial charge >= 0.3 is 0 Å². The molecule has 3 amide bonds. The zero-order valence-corrected chi connectivity index (χ0v) is 21.0. The molecule has 0 aliphatic carbocycles. The van der Waals surface area contributed by atoms with Gasteiger partial charge in [0.25, 0.3) is 11.8 Å². The largest absolute Gasteiger partial charge is 0.497 e. The van der Waals surface area contributed by atoms with Crippen molar-refractivity contribution in [1.82, 2.24) is 20.1 Å². The summed E-state index contributed by atoms with van der Waals surface area (Å²) in [5.74, 6) is 0.774. The van der Waals surface area contributed by atoms with E-state index >= 15 is 0 Å². The van der Waals surface area contributed by atoms with Crippen LogP contribution >= 0.6 is 0 Å². The standard InChI is InChI=1S/C27H34N4O5/c1-28-26(34)27-10-5-6-14-30(25(33)22-19-20(35-2)9-13-29-22)17-18-36-23-8-4-3-7-21(23)24(32)31(15-11-27)16-12-27/h3-4,7-9,13,19H,5-6,10-12,14-18H2,1-2H3,(H,28,34). The summed E-state index contributed by atoms with van der Waals surface area (Å²) in [6.45, 7) is 2.13. The highest BCUT2D eigenvalue weighted by molar-refractivity contribution is 5.97. The molecular weight excluding hydrogens is 460 g/mol. The van der Waals surface area contributed by atoms with E-state index in [9.17, 15) is 14.4 Å². The van der Waals surface area contributed by atoms with Crippen molar-refractivity contribution in [3.05, 3.63) is 53.9 Å². The van der Waals surface area contributed by atoms with E-state index in [1.54, 1.807) is 49.5 Å². The van der Waals surface area contributed by atoms with Gasteiger partial charge in [-0.2, -0.15) is 0 Å². The molecule has 1 N–H and O–H groups in total. The summed E-state index contributed by atoms with van der Waals surface area (Å²) in [7, 11) is 3.21. The van der Waals surface area contributed by atoms with Crippen LogP contribution < -0.4 is 14.8 Å². The maximum atomic E-state index is 13.4. The second kappa shape index (κ2) is 11.4. The smallest absolute Gasteiger partial charge is 0.272 e. The minimum absolute atomic E-state index is 0.0242. The number of carbonyl (C=O) groups is 3. The Morgan fingerprint density at radius 2 is 1.83 bits per heavy atom. The molecule has 0 atom stereocenters. The van der Waals surface area contributed by atoms with Crippen molar-refractivity contribution in [3.63, 3.8) is 0 Å². The van der Waals surface area contributed by atoms with Crippen molar-refractivity contribution in [3.8, 4) is 11.5 Å². The predicted molar refractivity (Wildman–Crippen MR) is 134 cm³/mol. The van der Waals surface area contributed by atoms with Gasteiger partial charge in [0, 0.05) is 38.9 Å². The van der Waals surface area contributed by atoms with E-state index in [0.29, 0.717) is 68.2 Å². The Bertz CT molecular complexity index is 1100. The molecule has 0 spiro atoms. The van der Waals surface area contributed by atoms with Crippen molar-refractivity contribution in [2.24, 2.45) is 5.41 Å². The normalized spacial score (nSPS) is 18.3. The number of benzene rings is 1. The van der Waals surface area contributed by atoms with Crippen molar-refractivity contribution < 1.29 is 23.9 Å². The number of amides is 3. The van der Waals surface area contributed by atoms with Crippen LogP contribution in [-0.2, 0) is 4.79 Å². The third-order valence-corrected chi connectivity index (χ3v) is 7.26. The quantitative estimate of drug-likeness (QED) is 0.704. The second-order valence-electron chi connectivity index (χ2n) is 9.33. The van der Waals surface area contributed by atoms with Crippen LogP contribution in [0.15, 0.2) is 42.6 Å². The average Bonchev–Trinajstić information content (AvgIpc) is 2.94. The summed E-state index contributed by atoms with van der Waals surface area (Å²) in [4.78, 5) is 47.4. The van der Waals surface area contributed by atoms with Crippen LogP contribution in [0.25, 0.3) is 0 Å². The molecule has 9 heteroatoms. The molecule has 1 aromatic carbocycles. The Morgan fingerprint density at radius 3 is 2.58 bits per heavy atom. The molecule has 5 rings (SSSR count). The molecule has 2 aromatic rings. The van der Waals surface area contributed by atoms with Crippen LogP contribution in [0.4, 0.5) is 0 Å². The third kappa shape index (κ3) is 5.45. The SMILES string of the molecule is CNC(=O)C12CCCCN(C(=O)c3cc(OC)ccn3)CCOc3ccccc3C(=O)N(CC1)CC2. The van der Waals surface area contributed by atoms with Gasteiger partial charge in [-0.25, -0.2) is 0 Å². The number of hydrogen-bond donors (Lipinski definition) is 1. The number of ether oxygens (including phenoxy) is 2. The maximum absolute atomic E-state index is 13.4. The van der Waals surface area contributed by atoms with E-state index in [2.05, 4.69) is 10.3 Å². The molecule has 9 nitrogen and oxygen atoms in total. The number of nitrogens with zero attached hydrogens (tertiary/aromatic N) is 3. The van der Waals surface area contributed by atoms with Crippen molar-refractivity contribution in [1.29, 1.82) is 0 Å². The van der Waals surface area contributed by atoms with Gasteiger partial charge in [0.2, 0.25) is 5.91 Å². The Balaban J connectivity index is 1.60. The first-order valence-electron chi connectivity index (χ1n) is 12.5. The van der Waals surface area contributed by atoms with E-state index in [1.807, 2.05) is 17.0 Å². The van der Waals surface area contributed by atoms with Crippen molar-refractivity contribution >= 4 is 17.7 Å². The minimum atomic E-state index is -0.509. The summed E-state index contributed by atoms with van der Waals surface area (Å²) < 4.78 is 11.3. The lowest BCUT2D eigenvalue weighted by Gasteiger charge is -2.40. The molecule has 192 valence electrons. The van der Waals surface area contributed by atoms with E-state index in [0.717, 1.165) is 12.8 Å². The number of carbonyl (C=O) groups excluding carboxylic acids is 3. The zero-order valence-electron chi connectivity index (χ0n) is 21.0. The Morgan fingerprint density at radius 1 is 1.06 bits per heavy atom. The fourth-order valence-electron chi connectivity index (χ4n) is 5.10. The number of methoxy groups -OCH3 is 1. The molecular formula is C27H34N4O5. The fraction of sp³-hybridized carbons (Fsp3) is 0.481. The van der Waals surface area contributed by atoms with Crippen LogP contribution in [0.5, 0.6) is 11.5 Å². The predicted octanol–water partition coefficient (Wildman–Crippen LogP) is 2.76. The number of pyridine rings is 1. The van der Waals surface area contributed by atoms with Crippen molar-refractivity contribution in [2.75, 3.05) is 46.9 Å². The molecule has 4 heterocycles. The molecule has 3 aliphatic heterocycles. The summed E-state index contributed by atoms with van der Waals surface area (Å²) in [5, 5.41) is 2.83. The van der Waals surface area contributed by atoms with Gasteiger partial charge in [0.1, 0.15) is 23.8 Å². The first-order valence-corrected chi connectivity index (χ1v) is 12.5. The van der Waals surface area contributed by atoms with Crippen LogP contribution in [0.2, 0.25) is 0 Å². The lowest BCUT2D eigenvalue weighted by Crippen LogP contribution is -2.49. The van der Waals surface area contributed by atoms with E-state index in [1.165, 1.54) is 0 Å². The maximum Gasteiger partial charge on any atom is 0.272 e. The zero-order chi connectivity index (χ0) is 25.5. The summed E-state index contributed by atoms with van der Waals surface area (Å²) in [6.07, 6.45) is 5.01. The lowest BCUT2D eigenvalue weighted by molar-refractivity contribution is -0.133. The van der Waals surface area contributed by atoms with Crippen molar-refractivity contribution in [2.45, 2.75) is 32.1 Å². The molecule has 0 radical (unpaired) electrons. The highest BCUT2D eigenvalue weighted by atomic mass is 16.5. The number of para-hydroxylation sites is 1. The summed E-state index contributed by atoms with van der Waals surface area (Å²) >= 11 is 0. The van der Waals surface area contributed by atoms with E-state index in [4.69, 9.17) is 9.47 Å². The van der Waals surface area contributed by atoms with Crippen LogP contribution in [0.3, 0.4) is 0 Å². The summed E-state index contributed by atoms with van der Waals surface area (Å²) in [6, 6.07) is 10.5. The second-order valence-corrected chi connectivity index (χ2v) is 9.33. The van der Waals surface area contributed by atoms with Crippen LogP contribution in [0, 0.1) is 5.41 Å². The Kier molecular flexibility index (Phi) is 8.07. The third-order valence-electron chi connectivity index (χ3n) is 7.26. The van der Waals surface area contributed by atoms with E-state index in [-0.39, 0.29) is 24.3 Å². The topological polar surface area (TPSA) is 101 Å². The summed E-state index contributed by atoms with van der Waals surface area (Å²) in [5.41, 5.74) is 0.286. The van der Waals surface area contributed by atoms with Gasteiger partial charge in [-0.05, 0) is 43.9 Å². The number of rotatable bonds is 3. The van der Waals surface area contributed by atoms with Gasteiger partial charge in [0.05, 0.1) is 24.6 Å². The molecule has 0 saturated carbocycles. The number of hydrogen-bond acceptors (Lipinski definition) is 6. The van der Waals surface area contributed by atoms with Gasteiger partial charge in [0.15, 0.2) is 0 Å². The first-order chi connectivity index (χ1) is 17.5. The number of piperidine rings is 1. The molecule has 0 unspecified atom stereocenters. The number of aromatic nitrogens is 1. The number of nitrogens with one attached hydrogen (secondary N) is 1. The first kappa shape index (κ1) is 25.5. The highest BCUT2D eigenvalue weighted by Crippen LogP contribution is 2.38. The van der Waals surface area contributed by atoms with E-state index < -0.39 is 5.41 Å². The monoisotopic (exact) mass is 494 g/mol. The molecule has 1 saturated heterocycles. The lowest BCUT2D eigenvalue weighted by atomic mass is 9.73. The van der Waals surface area contributed by atoms with Crippen LogP contribution in [-0.4, -0.2) is 79.4 Å². The molecule has 36 heavy (non-hydrogen) atoms. The van der Waals surface area contributed by atoms with Gasteiger partial charge < -0.3 is 24.6 Å². The molecule has 1 aromatic heterocycles. The van der Waals surface area contributed by atoms with Gasteiger partial charge in [-0.3, -0.25) is 19.4 Å². The number of fused-ring (bicyclic) bond motifs is 9. The minimum Gasteiger partial charge on any atom is -0.497 e. The Labute approximate surface area is 211 Å². The highest BCUT2D eigenvalue weighted by Gasteiger charge is 2.41. The molecule has 2 bridgehead atoms.